The molecule has 11 heteroatoms. The zero-order valence-electron chi connectivity index (χ0n) is 22.4. The van der Waals surface area contributed by atoms with Crippen LogP contribution in [-0.4, -0.2) is 72.0 Å². The molecule has 208 valence electrons. The van der Waals surface area contributed by atoms with Crippen molar-refractivity contribution in [3.05, 3.63) is 53.1 Å². The predicted molar refractivity (Wildman–Crippen MR) is 147 cm³/mol. The van der Waals surface area contributed by atoms with Gasteiger partial charge in [-0.25, -0.2) is 18.8 Å². The average molecular weight is 555 g/mol. The Morgan fingerprint density at radius 3 is 2.33 bits per heavy atom. The Bertz CT molecular complexity index is 1490. The summed E-state index contributed by atoms with van der Waals surface area (Å²) in [4.78, 5) is 20.5. The summed E-state index contributed by atoms with van der Waals surface area (Å²) in [5, 5.41) is 5.95. The van der Waals surface area contributed by atoms with Gasteiger partial charge in [0.15, 0.2) is 5.65 Å². The van der Waals surface area contributed by atoms with Gasteiger partial charge in [0.25, 0.3) is 5.91 Å². The third-order valence-corrected chi connectivity index (χ3v) is 9.84. The van der Waals surface area contributed by atoms with Crippen LogP contribution in [-0.2, 0) is 10.2 Å². The molecular weight excluding hydrogens is 519 g/mol. The number of benzene rings is 1. The van der Waals surface area contributed by atoms with E-state index in [2.05, 4.69) is 9.62 Å². The fourth-order valence-corrected chi connectivity index (χ4v) is 6.21. The SMILES string of the molecule is CN(C)S(=O)(=O)NC(=O)c1cc(C2CCN(CC3CC3)CC2)c2c(C3CCC3)nn(-c3ccc(F)cc3)c2n1. The lowest BCUT2D eigenvalue weighted by atomic mass is 9.79. The number of pyridine rings is 1. The van der Waals surface area contributed by atoms with Crippen molar-refractivity contribution in [2.45, 2.75) is 56.8 Å². The van der Waals surface area contributed by atoms with Crippen LogP contribution in [0.25, 0.3) is 16.7 Å². The maximum atomic E-state index is 13.8. The Morgan fingerprint density at radius 1 is 1.05 bits per heavy atom. The van der Waals surface area contributed by atoms with Gasteiger partial charge >= 0.3 is 10.2 Å². The molecular formula is C28H35FN6O3S. The normalized spacial score (nSPS) is 19.5. The van der Waals surface area contributed by atoms with Gasteiger partial charge in [0.05, 0.1) is 11.4 Å². The smallest absolute Gasteiger partial charge is 0.303 e. The highest BCUT2D eigenvalue weighted by Crippen LogP contribution is 2.43. The first-order chi connectivity index (χ1) is 18.7. The van der Waals surface area contributed by atoms with E-state index in [9.17, 15) is 17.6 Å². The monoisotopic (exact) mass is 554 g/mol. The lowest BCUT2D eigenvalue weighted by molar-refractivity contribution is 0.0975. The second-order valence-electron chi connectivity index (χ2n) is 11.4. The molecule has 2 aliphatic carbocycles. The molecule has 1 saturated heterocycles. The largest absolute Gasteiger partial charge is 0.303 e. The Morgan fingerprint density at radius 2 is 1.74 bits per heavy atom. The second-order valence-corrected chi connectivity index (χ2v) is 13.3. The molecule has 6 rings (SSSR count). The number of fused-ring (bicyclic) bond motifs is 1. The van der Waals surface area contributed by atoms with Crippen molar-refractivity contribution in [3.8, 4) is 5.69 Å². The van der Waals surface area contributed by atoms with Crippen molar-refractivity contribution < 1.29 is 17.6 Å². The zero-order chi connectivity index (χ0) is 27.3. The highest BCUT2D eigenvalue weighted by Gasteiger charge is 2.33. The number of nitrogens with one attached hydrogen (secondary N) is 1. The number of carbonyl (C=O) groups is 1. The van der Waals surface area contributed by atoms with Crippen molar-refractivity contribution >= 4 is 27.1 Å². The van der Waals surface area contributed by atoms with Gasteiger partial charge in [0.1, 0.15) is 11.5 Å². The van der Waals surface area contributed by atoms with E-state index >= 15 is 0 Å². The minimum absolute atomic E-state index is 0.0340. The van der Waals surface area contributed by atoms with Crippen LogP contribution in [0.5, 0.6) is 0 Å². The van der Waals surface area contributed by atoms with E-state index in [1.165, 1.54) is 39.1 Å². The predicted octanol–water partition coefficient (Wildman–Crippen LogP) is 3.95. The Hall–Kier alpha value is -2.89. The van der Waals surface area contributed by atoms with Gasteiger partial charge < -0.3 is 4.90 Å². The van der Waals surface area contributed by atoms with Crippen LogP contribution in [0.15, 0.2) is 30.3 Å². The maximum Gasteiger partial charge on any atom is 0.303 e. The fourth-order valence-electron chi connectivity index (χ4n) is 5.69. The van der Waals surface area contributed by atoms with Crippen LogP contribution in [0.1, 0.15) is 78.5 Å². The molecule has 3 aliphatic rings. The summed E-state index contributed by atoms with van der Waals surface area (Å²) in [5.41, 5.74) is 3.16. The van der Waals surface area contributed by atoms with Gasteiger partial charge in [0, 0.05) is 31.9 Å². The quantitative estimate of drug-likeness (QED) is 0.453. The van der Waals surface area contributed by atoms with E-state index < -0.39 is 16.1 Å². The Kier molecular flexibility index (Phi) is 6.93. The van der Waals surface area contributed by atoms with E-state index in [0.717, 1.165) is 78.6 Å². The summed E-state index contributed by atoms with van der Waals surface area (Å²) in [6, 6.07) is 7.83. The Balaban J connectivity index is 1.47. The molecule has 9 nitrogen and oxygen atoms in total. The van der Waals surface area contributed by atoms with E-state index in [4.69, 9.17) is 10.1 Å². The summed E-state index contributed by atoms with van der Waals surface area (Å²) < 4.78 is 43.5. The summed E-state index contributed by atoms with van der Waals surface area (Å²) in [5.74, 6) is 0.207. The molecule has 1 amide bonds. The van der Waals surface area contributed by atoms with Crippen LogP contribution >= 0.6 is 0 Å². The lowest BCUT2D eigenvalue weighted by Gasteiger charge is -2.33. The molecule has 3 aromatic rings. The van der Waals surface area contributed by atoms with Crippen LogP contribution < -0.4 is 4.72 Å². The van der Waals surface area contributed by atoms with Gasteiger partial charge in [-0.1, -0.05) is 6.42 Å². The molecule has 0 atom stereocenters. The van der Waals surface area contributed by atoms with Crippen molar-refractivity contribution in [1.29, 1.82) is 0 Å². The number of amides is 1. The van der Waals surface area contributed by atoms with Crippen LogP contribution in [0.3, 0.4) is 0 Å². The standard InChI is InChI=1S/C28H35FN6O3S/c1-33(2)39(37,38)32-28(36)24-16-23(19-12-14-34(15-13-19)17-18-6-7-18)25-26(20-4-3-5-20)31-35(27(25)30-24)22-10-8-21(29)9-11-22/h8-11,16,18-20H,3-7,12-15,17H2,1-2H3,(H,32,36). The molecule has 2 saturated carbocycles. The molecule has 39 heavy (non-hydrogen) atoms. The maximum absolute atomic E-state index is 13.8. The number of hydrogen-bond donors (Lipinski definition) is 1. The molecule has 3 fully saturated rings. The second kappa shape index (κ2) is 10.3. The molecule has 1 N–H and O–H groups in total. The van der Waals surface area contributed by atoms with Crippen molar-refractivity contribution in [3.63, 3.8) is 0 Å². The summed E-state index contributed by atoms with van der Waals surface area (Å²) in [6.45, 7) is 3.14. The number of nitrogens with zero attached hydrogens (tertiary/aromatic N) is 5. The van der Waals surface area contributed by atoms with Crippen LogP contribution in [0.2, 0.25) is 0 Å². The minimum Gasteiger partial charge on any atom is -0.303 e. The van der Waals surface area contributed by atoms with Gasteiger partial charge in [-0.15, -0.1) is 0 Å². The van der Waals surface area contributed by atoms with Gasteiger partial charge in [0.2, 0.25) is 0 Å². The number of piperidine rings is 1. The third-order valence-electron chi connectivity index (χ3n) is 8.43. The van der Waals surface area contributed by atoms with Crippen LogP contribution in [0, 0.1) is 11.7 Å². The minimum atomic E-state index is -4.00. The lowest BCUT2D eigenvalue weighted by Crippen LogP contribution is -2.40. The van der Waals surface area contributed by atoms with E-state index in [1.54, 1.807) is 22.9 Å². The van der Waals surface area contributed by atoms with E-state index in [1.807, 2.05) is 0 Å². The molecule has 1 aromatic carbocycles. The zero-order valence-corrected chi connectivity index (χ0v) is 23.3. The highest BCUT2D eigenvalue weighted by molar-refractivity contribution is 7.87. The third kappa shape index (κ3) is 5.31. The molecule has 1 aliphatic heterocycles. The average Bonchev–Trinajstić information content (AvgIpc) is 3.62. The molecule has 3 heterocycles. The number of aromatic nitrogens is 3. The van der Waals surface area contributed by atoms with Crippen molar-refractivity contribution in [2.75, 3.05) is 33.7 Å². The summed E-state index contributed by atoms with van der Waals surface area (Å²) in [7, 11) is -1.27. The summed E-state index contributed by atoms with van der Waals surface area (Å²) >= 11 is 0. The first kappa shape index (κ1) is 26.3. The van der Waals surface area contributed by atoms with Crippen molar-refractivity contribution in [1.82, 2.24) is 28.7 Å². The highest BCUT2D eigenvalue weighted by atomic mass is 32.2. The molecule has 0 spiro atoms. The van der Waals surface area contributed by atoms with Gasteiger partial charge in [-0.2, -0.15) is 17.8 Å². The Labute approximate surface area is 228 Å². The number of carbonyl (C=O) groups excluding carboxylic acids is 1. The number of rotatable bonds is 8. The molecule has 0 bridgehead atoms. The molecule has 2 aromatic heterocycles. The first-order valence-electron chi connectivity index (χ1n) is 13.9. The van der Waals surface area contributed by atoms with E-state index in [0.29, 0.717) is 17.3 Å². The molecule has 0 unspecified atom stereocenters. The van der Waals surface area contributed by atoms with Gasteiger partial charge in [-0.3, -0.25) is 4.79 Å². The molecule has 0 radical (unpaired) electrons. The fraction of sp³-hybridized carbons (Fsp3) is 0.536. The summed E-state index contributed by atoms with van der Waals surface area (Å²) in [6.07, 6.45) is 7.78. The topological polar surface area (TPSA) is 100 Å². The number of hydrogen-bond acceptors (Lipinski definition) is 6. The first-order valence-corrected chi connectivity index (χ1v) is 15.3. The van der Waals surface area contributed by atoms with Crippen LogP contribution in [0.4, 0.5) is 4.39 Å². The van der Waals surface area contributed by atoms with E-state index in [-0.39, 0.29) is 17.4 Å². The number of halogens is 1. The van der Waals surface area contributed by atoms with Crippen molar-refractivity contribution in [2.24, 2.45) is 5.92 Å². The van der Waals surface area contributed by atoms with Gasteiger partial charge in [-0.05, 0) is 99.3 Å². The number of likely N-dealkylation sites (tertiary alicyclic amines) is 1.